The fraction of sp³-hybridized carbons (Fsp3) is 0.188. The maximum absolute atomic E-state index is 12.1. The normalized spacial score (nSPS) is 12.0. The Labute approximate surface area is 150 Å². The number of amides is 1. The fourth-order valence-corrected chi connectivity index (χ4v) is 3.16. The zero-order valence-electron chi connectivity index (χ0n) is 13.1. The van der Waals surface area contributed by atoms with Gasteiger partial charge < -0.3 is 4.74 Å². The van der Waals surface area contributed by atoms with E-state index in [2.05, 4.69) is 4.98 Å². The van der Waals surface area contributed by atoms with E-state index in [9.17, 15) is 13.2 Å². The maximum atomic E-state index is 12.1. The number of benzene rings is 1. The molecule has 1 heterocycles. The predicted molar refractivity (Wildman–Crippen MR) is 91.3 cm³/mol. The molecule has 1 N–H and O–H groups in total. The SMILES string of the molecule is C[C@H](Oc1ccccc1C#N)C(=O)NS(=O)(=O)Cc1ccc(Cl)nc1. The van der Waals surface area contributed by atoms with Crippen molar-refractivity contribution >= 4 is 27.5 Å². The number of pyridine rings is 1. The van der Waals surface area contributed by atoms with Crippen molar-refractivity contribution in [2.45, 2.75) is 18.8 Å². The third kappa shape index (κ3) is 5.45. The molecule has 9 heteroatoms. The molecule has 0 spiro atoms. The Kier molecular flexibility index (Phi) is 5.96. The number of sulfonamides is 1. The first-order valence-corrected chi connectivity index (χ1v) is 9.14. The van der Waals surface area contributed by atoms with Gasteiger partial charge in [-0.3, -0.25) is 4.79 Å². The highest BCUT2D eigenvalue weighted by atomic mass is 35.5. The van der Waals surface area contributed by atoms with Gasteiger partial charge in [-0.25, -0.2) is 18.1 Å². The van der Waals surface area contributed by atoms with Gasteiger partial charge in [-0.15, -0.1) is 0 Å². The molecule has 130 valence electrons. The second-order valence-corrected chi connectivity index (χ2v) is 7.19. The molecule has 1 atom stereocenters. The van der Waals surface area contributed by atoms with Gasteiger partial charge in [0.15, 0.2) is 6.10 Å². The highest BCUT2D eigenvalue weighted by molar-refractivity contribution is 7.89. The van der Waals surface area contributed by atoms with E-state index in [1.54, 1.807) is 12.1 Å². The summed E-state index contributed by atoms with van der Waals surface area (Å²) in [7, 11) is -3.93. The molecule has 25 heavy (non-hydrogen) atoms. The number of aromatic nitrogens is 1. The van der Waals surface area contributed by atoms with Crippen molar-refractivity contribution in [3.05, 3.63) is 58.9 Å². The third-order valence-electron chi connectivity index (χ3n) is 3.08. The molecule has 0 fully saturated rings. The van der Waals surface area contributed by atoms with E-state index in [4.69, 9.17) is 21.6 Å². The van der Waals surface area contributed by atoms with Crippen molar-refractivity contribution in [1.29, 1.82) is 5.26 Å². The van der Waals surface area contributed by atoms with Gasteiger partial charge in [0.1, 0.15) is 17.0 Å². The number of para-hydroxylation sites is 1. The van der Waals surface area contributed by atoms with Crippen molar-refractivity contribution in [1.82, 2.24) is 9.71 Å². The number of rotatable bonds is 6. The predicted octanol–water partition coefficient (Wildman–Crippen LogP) is 2.02. The molecule has 0 aliphatic carbocycles. The summed E-state index contributed by atoms with van der Waals surface area (Å²) in [5.74, 6) is -1.06. The third-order valence-corrected chi connectivity index (χ3v) is 4.53. The zero-order chi connectivity index (χ0) is 18.4. The van der Waals surface area contributed by atoms with Crippen LogP contribution in [-0.2, 0) is 20.6 Å². The minimum atomic E-state index is -3.93. The molecule has 0 bridgehead atoms. The van der Waals surface area contributed by atoms with Crippen LogP contribution in [0.1, 0.15) is 18.1 Å². The average Bonchev–Trinajstić information content (AvgIpc) is 2.56. The van der Waals surface area contributed by atoms with Gasteiger partial charge in [-0.05, 0) is 30.7 Å². The Hall–Kier alpha value is -2.63. The van der Waals surface area contributed by atoms with Gasteiger partial charge in [0.25, 0.3) is 5.91 Å². The summed E-state index contributed by atoms with van der Waals surface area (Å²) < 4.78 is 31.5. The summed E-state index contributed by atoms with van der Waals surface area (Å²) in [4.78, 5) is 15.9. The quantitative estimate of drug-likeness (QED) is 0.769. The minimum absolute atomic E-state index is 0.201. The van der Waals surface area contributed by atoms with Crippen molar-refractivity contribution in [3.63, 3.8) is 0 Å². The summed E-state index contributed by atoms with van der Waals surface area (Å²) in [6, 6.07) is 11.2. The van der Waals surface area contributed by atoms with Crippen LogP contribution >= 0.6 is 11.6 Å². The molecule has 7 nitrogen and oxygen atoms in total. The van der Waals surface area contributed by atoms with E-state index in [0.29, 0.717) is 5.56 Å². The van der Waals surface area contributed by atoms with Gasteiger partial charge >= 0.3 is 0 Å². The van der Waals surface area contributed by atoms with Crippen molar-refractivity contribution in [2.75, 3.05) is 0 Å². The first kappa shape index (κ1) is 18.7. The van der Waals surface area contributed by atoms with E-state index in [1.165, 1.54) is 37.4 Å². The van der Waals surface area contributed by atoms with Gasteiger partial charge in [-0.2, -0.15) is 5.26 Å². The van der Waals surface area contributed by atoms with E-state index < -0.39 is 27.8 Å². The summed E-state index contributed by atoms with van der Waals surface area (Å²) in [5.41, 5.74) is 0.630. The first-order valence-electron chi connectivity index (χ1n) is 7.11. The van der Waals surface area contributed by atoms with Crippen LogP contribution in [0.2, 0.25) is 5.15 Å². The Morgan fingerprint density at radius 1 is 1.36 bits per heavy atom. The summed E-state index contributed by atoms with van der Waals surface area (Å²) in [6.07, 6.45) is 0.211. The molecular weight excluding hydrogens is 366 g/mol. The van der Waals surface area contributed by atoms with Crippen LogP contribution in [-0.4, -0.2) is 25.4 Å². The summed E-state index contributed by atoms with van der Waals surface area (Å²) in [6.45, 7) is 1.39. The van der Waals surface area contributed by atoms with Gasteiger partial charge in [0.2, 0.25) is 10.0 Å². The highest BCUT2D eigenvalue weighted by Crippen LogP contribution is 2.18. The lowest BCUT2D eigenvalue weighted by molar-refractivity contribution is -0.125. The number of carbonyl (C=O) groups is 1. The van der Waals surface area contributed by atoms with Crippen LogP contribution in [0.15, 0.2) is 42.6 Å². The highest BCUT2D eigenvalue weighted by Gasteiger charge is 2.22. The lowest BCUT2D eigenvalue weighted by Gasteiger charge is -2.15. The number of hydrogen-bond donors (Lipinski definition) is 1. The molecule has 1 amide bonds. The number of carbonyl (C=O) groups excluding carboxylic acids is 1. The van der Waals surface area contributed by atoms with Crippen molar-refractivity contribution in [2.24, 2.45) is 0 Å². The second kappa shape index (κ2) is 7.96. The number of nitrogens with zero attached hydrogens (tertiary/aromatic N) is 2. The lowest BCUT2D eigenvalue weighted by Crippen LogP contribution is -2.40. The van der Waals surface area contributed by atoms with E-state index in [0.717, 1.165) is 0 Å². The Morgan fingerprint density at radius 3 is 2.72 bits per heavy atom. The monoisotopic (exact) mass is 379 g/mol. The molecule has 2 rings (SSSR count). The number of hydrogen-bond acceptors (Lipinski definition) is 6. The van der Waals surface area contributed by atoms with Gasteiger partial charge in [0.05, 0.1) is 11.3 Å². The molecule has 0 saturated heterocycles. The summed E-state index contributed by atoms with van der Waals surface area (Å²) >= 11 is 5.64. The van der Waals surface area contributed by atoms with Crippen LogP contribution < -0.4 is 9.46 Å². The van der Waals surface area contributed by atoms with E-state index in [1.807, 2.05) is 10.8 Å². The molecule has 2 aromatic rings. The van der Waals surface area contributed by atoms with Crippen LogP contribution in [0.4, 0.5) is 0 Å². The molecule has 0 aliphatic rings. The smallest absolute Gasteiger partial charge is 0.274 e. The Morgan fingerprint density at radius 2 is 2.08 bits per heavy atom. The fourth-order valence-electron chi connectivity index (χ4n) is 1.89. The molecule has 0 saturated carbocycles. The molecular formula is C16H14ClN3O4S. The Bertz CT molecular complexity index is 908. The molecule has 0 aliphatic heterocycles. The molecule has 1 aromatic carbocycles. The Balaban J connectivity index is 2.02. The molecule has 0 unspecified atom stereocenters. The van der Waals surface area contributed by atoms with Crippen LogP contribution in [0.25, 0.3) is 0 Å². The van der Waals surface area contributed by atoms with Crippen LogP contribution in [0, 0.1) is 11.3 Å². The van der Waals surface area contributed by atoms with E-state index in [-0.39, 0.29) is 16.5 Å². The lowest BCUT2D eigenvalue weighted by atomic mass is 10.2. The number of halogens is 1. The summed E-state index contributed by atoms with van der Waals surface area (Å²) in [5, 5.41) is 9.24. The van der Waals surface area contributed by atoms with Gasteiger partial charge in [0, 0.05) is 6.20 Å². The molecule has 1 aromatic heterocycles. The topological polar surface area (TPSA) is 109 Å². The minimum Gasteiger partial charge on any atom is -0.479 e. The number of nitriles is 1. The standard InChI is InChI=1S/C16H14ClN3O4S/c1-11(24-14-5-3-2-4-13(14)8-18)16(21)20-25(22,23)10-12-6-7-15(17)19-9-12/h2-7,9,11H,10H2,1H3,(H,20,21)/t11-/m0/s1. The van der Waals surface area contributed by atoms with Gasteiger partial charge in [-0.1, -0.05) is 29.8 Å². The van der Waals surface area contributed by atoms with Crippen molar-refractivity contribution < 1.29 is 17.9 Å². The zero-order valence-corrected chi connectivity index (χ0v) is 14.7. The number of ether oxygens (including phenoxy) is 1. The van der Waals surface area contributed by atoms with Crippen LogP contribution in [0.5, 0.6) is 5.75 Å². The van der Waals surface area contributed by atoms with Crippen molar-refractivity contribution in [3.8, 4) is 11.8 Å². The first-order chi connectivity index (χ1) is 11.8. The van der Waals surface area contributed by atoms with Crippen LogP contribution in [0.3, 0.4) is 0 Å². The second-order valence-electron chi connectivity index (χ2n) is 5.08. The molecule has 0 radical (unpaired) electrons. The largest absolute Gasteiger partial charge is 0.479 e. The number of nitrogens with one attached hydrogen (secondary N) is 1. The van der Waals surface area contributed by atoms with E-state index >= 15 is 0 Å². The maximum Gasteiger partial charge on any atom is 0.274 e. The average molecular weight is 380 g/mol.